The van der Waals surface area contributed by atoms with Gasteiger partial charge in [0.15, 0.2) is 5.43 Å². The highest BCUT2D eigenvalue weighted by molar-refractivity contribution is 5.81. The van der Waals surface area contributed by atoms with Gasteiger partial charge in [0.05, 0.1) is 12.7 Å². The Morgan fingerprint density at radius 1 is 1.35 bits per heavy atom. The van der Waals surface area contributed by atoms with Crippen molar-refractivity contribution >= 4 is 16.6 Å². The van der Waals surface area contributed by atoms with Crippen LogP contribution in [-0.4, -0.2) is 11.1 Å². The second-order valence-electron chi connectivity index (χ2n) is 4.32. The largest absolute Gasteiger partial charge is 0.399 e. The lowest BCUT2D eigenvalue weighted by Crippen LogP contribution is -2.09. The summed E-state index contributed by atoms with van der Waals surface area (Å²) in [4.78, 5) is 15.0. The number of pyridine rings is 1. The highest BCUT2D eigenvalue weighted by atomic mass is 16.5. The molecule has 3 N–H and O–H groups in total. The molecule has 0 radical (unpaired) electrons. The topological polar surface area (TPSA) is 68.1 Å². The van der Waals surface area contributed by atoms with E-state index in [9.17, 15) is 4.79 Å². The van der Waals surface area contributed by atoms with Gasteiger partial charge in [-0.05, 0) is 32.0 Å². The fourth-order valence-corrected chi connectivity index (χ4v) is 1.65. The molecule has 1 heterocycles. The van der Waals surface area contributed by atoms with E-state index in [1.807, 2.05) is 19.9 Å². The van der Waals surface area contributed by atoms with Gasteiger partial charge in [-0.1, -0.05) is 0 Å². The van der Waals surface area contributed by atoms with Gasteiger partial charge in [-0.3, -0.25) is 4.79 Å². The summed E-state index contributed by atoms with van der Waals surface area (Å²) in [6, 6.07) is 6.82. The first-order valence-corrected chi connectivity index (χ1v) is 5.59. The molecule has 2 rings (SSSR count). The number of H-pyrrole nitrogens is 1. The lowest BCUT2D eigenvalue weighted by molar-refractivity contribution is 0.0637. The minimum Gasteiger partial charge on any atom is -0.399 e. The van der Waals surface area contributed by atoms with Crippen molar-refractivity contribution in [2.75, 3.05) is 5.73 Å². The monoisotopic (exact) mass is 232 g/mol. The summed E-state index contributed by atoms with van der Waals surface area (Å²) < 4.78 is 5.46. The average molecular weight is 232 g/mol. The van der Waals surface area contributed by atoms with Crippen molar-refractivity contribution < 1.29 is 4.74 Å². The number of nitrogens with one attached hydrogen (secondary N) is 1. The third-order valence-corrected chi connectivity index (χ3v) is 2.48. The van der Waals surface area contributed by atoms with Gasteiger partial charge in [0.25, 0.3) is 0 Å². The van der Waals surface area contributed by atoms with Crippen LogP contribution in [0.4, 0.5) is 5.69 Å². The number of nitrogen functional groups attached to an aromatic ring is 1. The number of hydrogen-bond acceptors (Lipinski definition) is 3. The van der Waals surface area contributed by atoms with Gasteiger partial charge in [0, 0.05) is 28.4 Å². The van der Waals surface area contributed by atoms with Crippen LogP contribution in [0.25, 0.3) is 10.9 Å². The van der Waals surface area contributed by atoms with E-state index < -0.39 is 0 Å². The van der Waals surface area contributed by atoms with Crippen LogP contribution < -0.4 is 11.2 Å². The van der Waals surface area contributed by atoms with E-state index in [4.69, 9.17) is 10.5 Å². The zero-order valence-electron chi connectivity index (χ0n) is 9.99. The molecule has 0 unspecified atom stereocenters. The lowest BCUT2D eigenvalue weighted by atomic mass is 10.2. The average Bonchev–Trinajstić information content (AvgIpc) is 2.27. The van der Waals surface area contributed by atoms with Crippen molar-refractivity contribution in [3.63, 3.8) is 0 Å². The summed E-state index contributed by atoms with van der Waals surface area (Å²) >= 11 is 0. The van der Waals surface area contributed by atoms with E-state index in [-0.39, 0.29) is 11.5 Å². The summed E-state index contributed by atoms with van der Waals surface area (Å²) in [5, 5.41) is 0.610. The van der Waals surface area contributed by atoms with Crippen molar-refractivity contribution in [3.05, 3.63) is 40.2 Å². The number of rotatable bonds is 3. The molecule has 0 aliphatic heterocycles. The first kappa shape index (κ1) is 11.7. The normalized spacial score (nSPS) is 11.2. The maximum atomic E-state index is 11.9. The maximum Gasteiger partial charge on any atom is 0.189 e. The van der Waals surface area contributed by atoms with Crippen LogP contribution in [-0.2, 0) is 11.3 Å². The number of fused-ring (bicyclic) bond motifs is 1. The molecule has 90 valence electrons. The molecule has 0 atom stereocenters. The molecule has 1 aromatic carbocycles. The molecule has 0 aliphatic carbocycles. The zero-order valence-corrected chi connectivity index (χ0v) is 9.99. The smallest absolute Gasteiger partial charge is 0.189 e. The molecule has 0 aliphatic rings. The molecule has 0 amide bonds. The van der Waals surface area contributed by atoms with Crippen LogP contribution in [0.5, 0.6) is 0 Å². The maximum absolute atomic E-state index is 11.9. The van der Waals surface area contributed by atoms with Crippen LogP contribution in [0.2, 0.25) is 0 Å². The highest BCUT2D eigenvalue weighted by Gasteiger charge is 2.03. The summed E-state index contributed by atoms with van der Waals surface area (Å²) in [7, 11) is 0. The van der Waals surface area contributed by atoms with E-state index in [2.05, 4.69) is 4.98 Å². The van der Waals surface area contributed by atoms with Gasteiger partial charge in [0.1, 0.15) is 0 Å². The Morgan fingerprint density at radius 2 is 2.12 bits per heavy atom. The van der Waals surface area contributed by atoms with E-state index >= 15 is 0 Å². The predicted octanol–water partition coefficient (Wildman–Crippen LogP) is 2.04. The van der Waals surface area contributed by atoms with Gasteiger partial charge < -0.3 is 15.5 Å². The third kappa shape index (κ3) is 2.65. The minimum atomic E-state index is -0.0339. The molecule has 4 heteroatoms. The van der Waals surface area contributed by atoms with E-state index in [0.717, 1.165) is 11.2 Å². The minimum absolute atomic E-state index is 0.0339. The van der Waals surface area contributed by atoms with Crippen LogP contribution in [0.3, 0.4) is 0 Å². The Morgan fingerprint density at radius 3 is 2.82 bits per heavy atom. The number of ether oxygens (including phenoxy) is 1. The summed E-state index contributed by atoms with van der Waals surface area (Å²) in [6.07, 6.45) is 0.139. The Kier molecular flexibility index (Phi) is 3.15. The van der Waals surface area contributed by atoms with Crippen molar-refractivity contribution in [1.29, 1.82) is 0 Å². The van der Waals surface area contributed by atoms with Gasteiger partial charge in [0.2, 0.25) is 0 Å². The lowest BCUT2D eigenvalue weighted by Gasteiger charge is -2.08. The van der Waals surface area contributed by atoms with Gasteiger partial charge in [-0.15, -0.1) is 0 Å². The number of benzene rings is 1. The third-order valence-electron chi connectivity index (χ3n) is 2.48. The quantitative estimate of drug-likeness (QED) is 0.796. The number of aromatic amines is 1. The van der Waals surface area contributed by atoms with Crippen LogP contribution in [0, 0.1) is 0 Å². The second kappa shape index (κ2) is 4.59. The first-order chi connectivity index (χ1) is 8.06. The van der Waals surface area contributed by atoms with Gasteiger partial charge in [-0.2, -0.15) is 0 Å². The number of anilines is 1. The SMILES string of the molecule is CC(C)OCc1cc(=O)c2cc(N)ccc2[nH]1. The highest BCUT2D eigenvalue weighted by Crippen LogP contribution is 2.13. The van der Waals surface area contributed by atoms with Crippen LogP contribution in [0.1, 0.15) is 19.5 Å². The fraction of sp³-hybridized carbons (Fsp3) is 0.308. The van der Waals surface area contributed by atoms with Crippen LogP contribution >= 0.6 is 0 Å². The van der Waals surface area contributed by atoms with E-state index in [0.29, 0.717) is 17.7 Å². The summed E-state index contributed by atoms with van der Waals surface area (Å²) in [5.74, 6) is 0. The van der Waals surface area contributed by atoms with E-state index in [1.54, 1.807) is 18.2 Å². The van der Waals surface area contributed by atoms with E-state index in [1.165, 1.54) is 0 Å². The van der Waals surface area contributed by atoms with Crippen molar-refractivity contribution in [1.82, 2.24) is 4.98 Å². The van der Waals surface area contributed by atoms with Gasteiger partial charge in [-0.25, -0.2) is 0 Å². The van der Waals surface area contributed by atoms with Crippen molar-refractivity contribution in [2.45, 2.75) is 26.6 Å². The Balaban J connectivity index is 2.42. The molecule has 0 saturated heterocycles. The Hall–Kier alpha value is -1.81. The predicted molar refractivity (Wildman–Crippen MR) is 68.9 cm³/mol. The number of aromatic nitrogens is 1. The summed E-state index contributed by atoms with van der Waals surface area (Å²) in [5.41, 5.74) is 7.77. The molecule has 0 saturated carbocycles. The van der Waals surface area contributed by atoms with Gasteiger partial charge >= 0.3 is 0 Å². The molecule has 1 aromatic heterocycles. The fourth-order valence-electron chi connectivity index (χ4n) is 1.65. The molecular weight excluding hydrogens is 216 g/mol. The zero-order chi connectivity index (χ0) is 12.4. The number of hydrogen-bond donors (Lipinski definition) is 2. The molecule has 4 nitrogen and oxygen atoms in total. The van der Waals surface area contributed by atoms with Crippen molar-refractivity contribution in [3.8, 4) is 0 Å². The van der Waals surface area contributed by atoms with Crippen molar-refractivity contribution in [2.24, 2.45) is 0 Å². The standard InChI is InChI=1S/C13H16N2O2/c1-8(2)17-7-10-6-13(16)11-5-9(14)3-4-12(11)15-10/h3-6,8H,7,14H2,1-2H3,(H,15,16). The molecule has 17 heavy (non-hydrogen) atoms. The Labute approximate surface area is 99.4 Å². The molecule has 0 spiro atoms. The van der Waals surface area contributed by atoms with Crippen LogP contribution in [0.15, 0.2) is 29.1 Å². The first-order valence-electron chi connectivity index (χ1n) is 5.59. The molecule has 0 bridgehead atoms. The number of nitrogens with two attached hydrogens (primary N) is 1. The molecule has 0 fully saturated rings. The molecular formula is C13H16N2O2. The molecule has 2 aromatic rings. The second-order valence-corrected chi connectivity index (χ2v) is 4.32. The Bertz CT molecular complexity index is 587. The summed E-state index contributed by atoms with van der Waals surface area (Å²) in [6.45, 7) is 4.33.